The molecule has 3 rings (SSSR count). The first-order valence-corrected chi connectivity index (χ1v) is 7.93. The molecule has 1 N–H and O–H groups in total. The van der Waals surface area contributed by atoms with E-state index in [1.807, 2.05) is 18.2 Å². The van der Waals surface area contributed by atoms with Gasteiger partial charge in [0.1, 0.15) is 24.1 Å². The topological polar surface area (TPSA) is 76.1 Å². The van der Waals surface area contributed by atoms with Crippen molar-refractivity contribution in [2.45, 2.75) is 31.7 Å². The molecule has 2 heterocycles. The minimum atomic E-state index is -0.917. The second kappa shape index (κ2) is 6.48. The largest absolute Gasteiger partial charge is 0.497 e. The molecule has 1 aromatic carbocycles. The molecule has 0 bridgehead atoms. The average molecular weight is 319 g/mol. The van der Waals surface area contributed by atoms with Gasteiger partial charge in [0.15, 0.2) is 0 Å². The number of carboxylic acid groups (broad SMARTS) is 1. The fraction of sp³-hybridized carbons (Fsp3) is 0.529. The highest BCUT2D eigenvalue weighted by Gasteiger charge is 2.37. The minimum Gasteiger partial charge on any atom is -0.497 e. The third-order valence-electron chi connectivity index (χ3n) is 4.60. The zero-order valence-electron chi connectivity index (χ0n) is 13.2. The predicted octanol–water partition coefficient (Wildman–Crippen LogP) is 1.71. The molecule has 0 radical (unpaired) electrons. The molecule has 0 aliphatic carbocycles. The van der Waals surface area contributed by atoms with Gasteiger partial charge in [0, 0.05) is 12.6 Å². The number of ether oxygens (including phenoxy) is 2. The van der Waals surface area contributed by atoms with Gasteiger partial charge < -0.3 is 19.5 Å². The summed E-state index contributed by atoms with van der Waals surface area (Å²) in [6.45, 7) is 0.795. The van der Waals surface area contributed by atoms with Crippen LogP contribution in [0.3, 0.4) is 0 Å². The monoisotopic (exact) mass is 319 g/mol. The number of fused-ring (bicyclic) bond motifs is 1. The number of piperidine rings is 1. The molecular formula is C17H21NO5. The molecule has 2 atom stereocenters. The van der Waals surface area contributed by atoms with Gasteiger partial charge in [-0.3, -0.25) is 4.79 Å². The van der Waals surface area contributed by atoms with Gasteiger partial charge in [-0.15, -0.1) is 0 Å². The standard InChI is InChI=1S/C17H21NO5/c1-22-13-6-5-11-8-12(10-23-15(11)9-13)16(19)18-7-3-2-4-14(18)17(20)21/h5-6,9,12,14H,2-4,7-8,10H2,1H3,(H,20,21). The van der Waals surface area contributed by atoms with E-state index in [2.05, 4.69) is 0 Å². The molecule has 1 aromatic rings. The van der Waals surface area contributed by atoms with Crippen LogP contribution >= 0.6 is 0 Å². The zero-order chi connectivity index (χ0) is 16.4. The van der Waals surface area contributed by atoms with E-state index in [-0.39, 0.29) is 18.4 Å². The first-order chi connectivity index (χ1) is 11.1. The lowest BCUT2D eigenvalue weighted by molar-refractivity contribution is -0.154. The quantitative estimate of drug-likeness (QED) is 0.918. The van der Waals surface area contributed by atoms with Gasteiger partial charge in [0.2, 0.25) is 5.91 Å². The molecule has 6 nitrogen and oxygen atoms in total. The summed E-state index contributed by atoms with van der Waals surface area (Å²) < 4.78 is 10.9. The van der Waals surface area contributed by atoms with E-state index in [1.54, 1.807) is 7.11 Å². The Morgan fingerprint density at radius 2 is 2.17 bits per heavy atom. The summed E-state index contributed by atoms with van der Waals surface area (Å²) in [4.78, 5) is 25.7. The number of carbonyl (C=O) groups is 2. The number of carbonyl (C=O) groups excluding carboxylic acids is 1. The van der Waals surface area contributed by atoms with Gasteiger partial charge in [-0.1, -0.05) is 6.07 Å². The van der Waals surface area contributed by atoms with E-state index in [9.17, 15) is 14.7 Å². The lowest BCUT2D eigenvalue weighted by atomic mass is 9.93. The van der Waals surface area contributed by atoms with Crippen LogP contribution in [0.25, 0.3) is 0 Å². The van der Waals surface area contributed by atoms with Gasteiger partial charge in [-0.2, -0.15) is 0 Å². The fourth-order valence-corrected chi connectivity index (χ4v) is 3.32. The van der Waals surface area contributed by atoms with Crippen molar-refractivity contribution in [1.29, 1.82) is 0 Å². The average Bonchev–Trinajstić information content (AvgIpc) is 2.60. The van der Waals surface area contributed by atoms with E-state index in [4.69, 9.17) is 9.47 Å². The smallest absolute Gasteiger partial charge is 0.326 e. The fourth-order valence-electron chi connectivity index (χ4n) is 3.32. The second-order valence-electron chi connectivity index (χ2n) is 6.07. The van der Waals surface area contributed by atoms with Crippen molar-refractivity contribution in [3.05, 3.63) is 23.8 Å². The molecule has 23 heavy (non-hydrogen) atoms. The summed E-state index contributed by atoms with van der Waals surface area (Å²) in [5.74, 6) is 0.103. The van der Waals surface area contributed by atoms with E-state index < -0.39 is 12.0 Å². The Bertz CT molecular complexity index is 615. The number of amides is 1. The molecule has 0 spiro atoms. The van der Waals surface area contributed by atoms with Gasteiger partial charge >= 0.3 is 5.97 Å². The Balaban J connectivity index is 1.74. The number of carboxylic acids is 1. The number of hydrogen-bond donors (Lipinski definition) is 1. The lowest BCUT2D eigenvalue weighted by Gasteiger charge is -2.36. The third-order valence-corrected chi connectivity index (χ3v) is 4.60. The molecule has 0 saturated carbocycles. The molecule has 0 aromatic heterocycles. The number of nitrogens with zero attached hydrogens (tertiary/aromatic N) is 1. The molecule has 6 heteroatoms. The van der Waals surface area contributed by atoms with Crippen LogP contribution in [0.4, 0.5) is 0 Å². The van der Waals surface area contributed by atoms with Crippen LogP contribution in [0.1, 0.15) is 24.8 Å². The first kappa shape index (κ1) is 15.6. The number of hydrogen-bond acceptors (Lipinski definition) is 4. The van der Waals surface area contributed by atoms with Crippen molar-refractivity contribution in [2.75, 3.05) is 20.3 Å². The van der Waals surface area contributed by atoms with E-state index in [0.717, 1.165) is 29.9 Å². The van der Waals surface area contributed by atoms with Crippen LogP contribution < -0.4 is 9.47 Å². The highest BCUT2D eigenvalue weighted by molar-refractivity contribution is 5.85. The van der Waals surface area contributed by atoms with Gasteiger partial charge in [0.25, 0.3) is 0 Å². The Hall–Kier alpha value is -2.24. The van der Waals surface area contributed by atoms with Crippen molar-refractivity contribution in [1.82, 2.24) is 4.90 Å². The SMILES string of the molecule is COc1ccc2c(c1)OCC(C(=O)N1CCCCC1C(=O)O)C2. The third kappa shape index (κ3) is 3.11. The second-order valence-corrected chi connectivity index (χ2v) is 6.07. The normalized spacial score (nSPS) is 23.6. The number of aliphatic carboxylic acids is 1. The van der Waals surface area contributed by atoms with Crippen molar-refractivity contribution in [2.24, 2.45) is 5.92 Å². The molecule has 124 valence electrons. The summed E-state index contributed by atoms with van der Waals surface area (Å²) in [5, 5.41) is 9.33. The number of likely N-dealkylation sites (tertiary alicyclic amines) is 1. The number of methoxy groups -OCH3 is 1. The van der Waals surface area contributed by atoms with Crippen molar-refractivity contribution >= 4 is 11.9 Å². The molecule has 1 fully saturated rings. The molecule has 1 saturated heterocycles. The van der Waals surface area contributed by atoms with Crippen molar-refractivity contribution < 1.29 is 24.2 Å². The van der Waals surface area contributed by atoms with Crippen LogP contribution in [0.2, 0.25) is 0 Å². The highest BCUT2D eigenvalue weighted by Crippen LogP contribution is 2.32. The lowest BCUT2D eigenvalue weighted by Crippen LogP contribution is -2.51. The maximum absolute atomic E-state index is 12.8. The zero-order valence-corrected chi connectivity index (χ0v) is 13.2. The summed E-state index contributed by atoms with van der Waals surface area (Å²) >= 11 is 0. The van der Waals surface area contributed by atoms with E-state index >= 15 is 0 Å². The first-order valence-electron chi connectivity index (χ1n) is 7.93. The highest BCUT2D eigenvalue weighted by atomic mass is 16.5. The Morgan fingerprint density at radius 3 is 2.91 bits per heavy atom. The van der Waals surface area contributed by atoms with Gasteiger partial charge in [-0.05, 0) is 37.3 Å². The Kier molecular flexibility index (Phi) is 4.41. The number of benzene rings is 1. The Morgan fingerprint density at radius 1 is 1.35 bits per heavy atom. The molecule has 2 aliphatic rings. The predicted molar refractivity (Wildman–Crippen MR) is 82.7 cm³/mol. The van der Waals surface area contributed by atoms with Crippen LogP contribution in [0.15, 0.2) is 18.2 Å². The van der Waals surface area contributed by atoms with Crippen LogP contribution in [0.5, 0.6) is 11.5 Å². The number of rotatable bonds is 3. The summed E-state index contributed by atoms with van der Waals surface area (Å²) in [5.41, 5.74) is 0.958. The molecule has 2 aliphatic heterocycles. The molecule has 2 unspecified atom stereocenters. The summed E-state index contributed by atoms with van der Waals surface area (Å²) in [6, 6.07) is 4.86. The maximum Gasteiger partial charge on any atom is 0.326 e. The van der Waals surface area contributed by atoms with Crippen LogP contribution in [-0.2, 0) is 16.0 Å². The van der Waals surface area contributed by atoms with E-state index in [0.29, 0.717) is 19.4 Å². The van der Waals surface area contributed by atoms with Crippen LogP contribution in [-0.4, -0.2) is 48.2 Å². The van der Waals surface area contributed by atoms with Crippen molar-refractivity contribution in [3.63, 3.8) is 0 Å². The maximum atomic E-state index is 12.8. The van der Waals surface area contributed by atoms with Gasteiger partial charge in [0.05, 0.1) is 13.0 Å². The summed E-state index contributed by atoms with van der Waals surface area (Å²) in [7, 11) is 1.60. The Labute approximate surface area is 135 Å². The molecular weight excluding hydrogens is 298 g/mol. The molecule has 1 amide bonds. The van der Waals surface area contributed by atoms with Crippen molar-refractivity contribution in [3.8, 4) is 11.5 Å². The minimum absolute atomic E-state index is 0.112. The van der Waals surface area contributed by atoms with Crippen LogP contribution in [0, 0.1) is 5.92 Å². The van der Waals surface area contributed by atoms with Gasteiger partial charge in [-0.25, -0.2) is 4.79 Å². The van der Waals surface area contributed by atoms with E-state index in [1.165, 1.54) is 4.90 Å². The summed E-state index contributed by atoms with van der Waals surface area (Å²) in [6.07, 6.45) is 2.81.